The molecule has 22 heavy (non-hydrogen) atoms. The van der Waals surface area contributed by atoms with E-state index in [-0.39, 0.29) is 18.3 Å². The van der Waals surface area contributed by atoms with Crippen molar-refractivity contribution >= 4 is 5.91 Å². The van der Waals surface area contributed by atoms with Gasteiger partial charge in [0.05, 0.1) is 20.1 Å². The first-order valence-electron chi connectivity index (χ1n) is 6.81. The van der Waals surface area contributed by atoms with Gasteiger partial charge in [-0.1, -0.05) is 24.0 Å². The van der Waals surface area contributed by atoms with Crippen molar-refractivity contribution in [1.29, 1.82) is 0 Å². The van der Waals surface area contributed by atoms with Gasteiger partial charge in [0.1, 0.15) is 11.6 Å². The van der Waals surface area contributed by atoms with E-state index < -0.39 is 0 Å². The van der Waals surface area contributed by atoms with Crippen molar-refractivity contribution in [3.05, 3.63) is 65.5 Å². The van der Waals surface area contributed by atoms with Gasteiger partial charge in [-0.25, -0.2) is 4.39 Å². The van der Waals surface area contributed by atoms with Crippen LogP contribution in [-0.4, -0.2) is 19.6 Å². The molecule has 0 radical (unpaired) electrons. The highest BCUT2D eigenvalue weighted by Crippen LogP contribution is 2.11. The van der Waals surface area contributed by atoms with Crippen LogP contribution in [0.15, 0.2) is 48.5 Å². The van der Waals surface area contributed by atoms with Crippen LogP contribution < -0.4 is 10.1 Å². The fraction of sp³-hybridized carbons (Fsp3) is 0.167. The van der Waals surface area contributed by atoms with Crippen molar-refractivity contribution in [2.75, 3.05) is 13.7 Å². The van der Waals surface area contributed by atoms with Gasteiger partial charge in [0.25, 0.3) is 0 Å². The third-order valence-corrected chi connectivity index (χ3v) is 2.97. The van der Waals surface area contributed by atoms with E-state index in [0.717, 1.165) is 11.3 Å². The number of hydrogen-bond donors (Lipinski definition) is 1. The maximum absolute atomic E-state index is 12.7. The Labute approximate surface area is 129 Å². The van der Waals surface area contributed by atoms with Crippen molar-refractivity contribution in [2.45, 2.75) is 6.42 Å². The molecule has 0 saturated heterocycles. The Morgan fingerprint density at radius 2 is 1.82 bits per heavy atom. The Kier molecular flexibility index (Phi) is 5.56. The fourth-order valence-electron chi connectivity index (χ4n) is 1.81. The summed E-state index contributed by atoms with van der Waals surface area (Å²) < 4.78 is 17.8. The highest BCUT2D eigenvalue weighted by atomic mass is 19.1. The van der Waals surface area contributed by atoms with E-state index in [2.05, 4.69) is 17.2 Å². The molecule has 2 rings (SSSR count). The number of hydrogen-bond acceptors (Lipinski definition) is 2. The van der Waals surface area contributed by atoms with Crippen molar-refractivity contribution in [3.63, 3.8) is 0 Å². The fourth-order valence-corrected chi connectivity index (χ4v) is 1.81. The summed E-state index contributed by atoms with van der Waals surface area (Å²) in [6, 6.07) is 13.2. The number of rotatable bonds is 4. The smallest absolute Gasteiger partial charge is 0.225 e. The minimum Gasteiger partial charge on any atom is -0.497 e. The maximum atomic E-state index is 12.7. The second-order valence-corrected chi connectivity index (χ2v) is 4.61. The van der Waals surface area contributed by atoms with Gasteiger partial charge < -0.3 is 10.1 Å². The summed E-state index contributed by atoms with van der Waals surface area (Å²) in [4.78, 5) is 11.8. The Morgan fingerprint density at radius 1 is 1.14 bits per heavy atom. The van der Waals surface area contributed by atoms with E-state index >= 15 is 0 Å². The summed E-state index contributed by atoms with van der Waals surface area (Å²) in [7, 11) is 1.60. The first-order chi connectivity index (χ1) is 10.7. The summed E-state index contributed by atoms with van der Waals surface area (Å²) in [6.45, 7) is 0.256. The van der Waals surface area contributed by atoms with Crippen molar-refractivity contribution in [3.8, 4) is 17.6 Å². The van der Waals surface area contributed by atoms with Crippen LogP contribution in [-0.2, 0) is 11.2 Å². The predicted octanol–water partition coefficient (Wildman–Crippen LogP) is 2.54. The molecule has 112 valence electrons. The third kappa shape index (κ3) is 4.95. The van der Waals surface area contributed by atoms with E-state index in [1.165, 1.54) is 12.1 Å². The van der Waals surface area contributed by atoms with Gasteiger partial charge in [0, 0.05) is 5.56 Å². The molecule has 0 aliphatic rings. The molecule has 0 aliphatic carbocycles. The zero-order valence-electron chi connectivity index (χ0n) is 12.2. The van der Waals surface area contributed by atoms with Crippen LogP contribution in [0.5, 0.6) is 5.75 Å². The zero-order valence-corrected chi connectivity index (χ0v) is 12.2. The van der Waals surface area contributed by atoms with Gasteiger partial charge in [0.15, 0.2) is 0 Å². The molecule has 0 heterocycles. The highest BCUT2D eigenvalue weighted by Gasteiger charge is 2.02. The van der Waals surface area contributed by atoms with Crippen LogP contribution in [0.25, 0.3) is 0 Å². The van der Waals surface area contributed by atoms with Crippen molar-refractivity contribution < 1.29 is 13.9 Å². The molecule has 0 spiro atoms. The van der Waals surface area contributed by atoms with Gasteiger partial charge in [-0.2, -0.15) is 0 Å². The monoisotopic (exact) mass is 297 g/mol. The molecule has 0 saturated carbocycles. The maximum Gasteiger partial charge on any atom is 0.225 e. The minimum absolute atomic E-state index is 0.0985. The standard InChI is InChI=1S/C18H16FNO2/c1-22-17-10-6-15(7-11-17)13-18(21)20-12-2-3-14-4-8-16(19)9-5-14/h4-11H,12-13H2,1H3,(H,20,21). The molecule has 0 aromatic heterocycles. The number of carbonyl (C=O) groups excluding carboxylic acids is 1. The molecule has 2 aromatic carbocycles. The van der Waals surface area contributed by atoms with Gasteiger partial charge >= 0.3 is 0 Å². The van der Waals surface area contributed by atoms with E-state index in [9.17, 15) is 9.18 Å². The topological polar surface area (TPSA) is 38.3 Å². The lowest BCUT2D eigenvalue weighted by atomic mass is 10.1. The molecule has 4 heteroatoms. The molecule has 0 bridgehead atoms. The highest BCUT2D eigenvalue weighted by molar-refractivity contribution is 5.78. The number of halogens is 1. The lowest BCUT2D eigenvalue weighted by molar-refractivity contribution is -0.120. The van der Waals surface area contributed by atoms with E-state index in [4.69, 9.17) is 4.74 Å². The van der Waals surface area contributed by atoms with Gasteiger partial charge in [-0.15, -0.1) is 0 Å². The SMILES string of the molecule is COc1ccc(CC(=O)NCC#Cc2ccc(F)cc2)cc1. The number of methoxy groups -OCH3 is 1. The molecular weight excluding hydrogens is 281 g/mol. The number of benzene rings is 2. The summed E-state index contributed by atoms with van der Waals surface area (Å²) in [5.41, 5.74) is 1.62. The van der Waals surface area contributed by atoms with E-state index in [1.54, 1.807) is 19.2 Å². The summed E-state index contributed by atoms with van der Waals surface area (Å²) in [6.07, 6.45) is 0.294. The van der Waals surface area contributed by atoms with Crippen LogP contribution in [0.3, 0.4) is 0 Å². The number of nitrogens with one attached hydrogen (secondary N) is 1. The second kappa shape index (κ2) is 7.84. The number of ether oxygens (including phenoxy) is 1. The molecule has 0 aliphatic heterocycles. The number of carbonyl (C=O) groups is 1. The molecular formula is C18H16FNO2. The predicted molar refractivity (Wildman–Crippen MR) is 83.0 cm³/mol. The van der Waals surface area contributed by atoms with E-state index in [1.807, 2.05) is 24.3 Å². The summed E-state index contributed by atoms with van der Waals surface area (Å²) >= 11 is 0. The molecule has 0 fully saturated rings. The quantitative estimate of drug-likeness (QED) is 0.881. The molecule has 0 unspecified atom stereocenters. The summed E-state index contributed by atoms with van der Waals surface area (Å²) in [5.74, 6) is 6.06. The molecule has 1 amide bonds. The average molecular weight is 297 g/mol. The summed E-state index contributed by atoms with van der Waals surface area (Å²) in [5, 5.41) is 2.72. The molecule has 3 nitrogen and oxygen atoms in total. The average Bonchev–Trinajstić information content (AvgIpc) is 2.54. The van der Waals surface area contributed by atoms with Crippen LogP contribution in [0.2, 0.25) is 0 Å². The van der Waals surface area contributed by atoms with Gasteiger partial charge in [-0.3, -0.25) is 4.79 Å². The minimum atomic E-state index is -0.293. The first-order valence-corrected chi connectivity index (χ1v) is 6.81. The first kappa shape index (κ1) is 15.6. The lowest BCUT2D eigenvalue weighted by Gasteiger charge is -2.03. The molecule has 1 N–H and O–H groups in total. The Bertz CT molecular complexity index is 682. The third-order valence-electron chi connectivity index (χ3n) is 2.97. The Hall–Kier alpha value is -2.80. The van der Waals surface area contributed by atoms with Crippen molar-refractivity contribution in [2.24, 2.45) is 0 Å². The normalized spacial score (nSPS) is 9.55. The molecule has 0 atom stereocenters. The van der Waals surface area contributed by atoms with Crippen LogP contribution in [0.4, 0.5) is 4.39 Å². The Morgan fingerprint density at radius 3 is 2.45 bits per heavy atom. The zero-order chi connectivity index (χ0) is 15.8. The van der Waals surface area contributed by atoms with Crippen LogP contribution >= 0.6 is 0 Å². The lowest BCUT2D eigenvalue weighted by Crippen LogP contribution is -2.25. The van der Waals surface area contributed by atoms with Crippen LogP contribution in [0, 0.1) is 17.7 Å². The Balaban J connectivity index is 1.79. The van der Waals surface area contributed by atoms with Gasteiger partial charge in [0.2, 0.25) is 5.91 Å². The number of amides is 1. The van der Waals surface area contributed by atoms with Gasteiger partial charge in [-0.05, 0) is 42.0 Å². The largest absolute Gasteiger partial charge is 0.497 e. The van der Waals surface area contributed by atoms with Crippen molar-refractivity contribution in [1.82, 2.24) is 5.32 Å². The van der Waals surface area contributed by atoms with Crippen LogP contribution in [0.1, 0.15) is 11.1 Å². The second-order valence-electron chi connectivity index (χ2n) is 4.61. The van der Waals surface area contributed by atoms with E-state index in [0.29, 0.717) is 12.0 Å². The molecule has 2 aromatic rings.